The van der Waals surface area contributed by atoms with Crippen LogP contribution in [0.15, 0.2) is 87.0 Å². The third-order valence-corrected chi connectivity index (χ3v) is 8.42. The van der Waals surface area contributed by atoms with Crippen LogP contribution >= 0.6 is 22.9 Å². The summed E-state index contributed by atoms with van der Waals surface area (Å²) in [5.41, 5.74) is 2.34. The van der Waals surface area contributed by atoms with Crippen molar-refractivity contribution >= 4 is 43.2 Å². The maximum Gasteiger partial charge on any atom is 0.308 e. The number of halogens is 1. The van der Waals surface area contributed by atoms with E-state index in [4.69, 9.17) is 16.1 Å². The van der Waals surface area contributed by atoms with Crippen molar-refractivity contribution in [3.63, 3.8) is 0 Å². The number of aromatic nitrogens is 3. The lowest BCUT2D eigenvalue weighted by Crippen LogP contribution is -2.26. The average Bonchev–Trinajstić information content (AvgIpc) is 3.43. The third-order valence-electron chi connectivity index (χ3n) is 5.44. The van der Waals surface area contributed by atoms with E-state index in [0.29, 0.717) is 33.2 Å². The molecule has 0 radical (unpaired) electrons. The Morgan fingerprint density at radius 2 is 1.86 bits per heavy atom. The molecule has 2 heterocycles. The van der Waals surface area contributed by atoms with Gasteiger partial charge in [-0.15, -0.1) is 0 Å². The van der Waals surface area contributed by atoms with Crippen LogP contribution in [0.3, 0.4) is 0 Å². The van der Waals surface area contributed by atoms with E-state index in [-0.39, 0.29) is 22.2 Å². The molecule has 178 valence electrons. The van der Waals surface area contributed by atoms with Crippen molar-refractivity contribution < 1.29 is 12.9 Å². The zero-order valence-electron chi connectivity index (χ0n) is 18.5. The quantitative estimate of drug-likeness (QED) is 0.306. The summed E-state index contributed by atoms with van der Waals surface area (Å²) in [4.78, 5) is 16.8. The highest BCUT2D eigenvalue weighted by atomic mass is 35.5. The molecule has 11 heteroatoms. The van der Waals surface area contributed by atoms with Gasteiger partial charge < -0.3 is 4.52 Å². The first-order valence-corrected chi connectivity index (χ1v) is 13.2. The van der Waals surface area contributed by atoms with Crippen LogP contribution in [0.1, 0.15) is 11.5 Å². The molecule has 0 fully saturated rings. The lowest BCUT2D eigenvalue weighted by atomic mass is 10.2. The Morgan fingerprint density at radius 1 is 1.06 bits per heavy atom. The fourth-order valence-electron chi connectivity index (χ4n) is 3.64. The topological polar surface area (TPSA) is 98.3 Å². The van der Waals surface area contributed by atoms with Gasteiger partial charge in [-0.2, -0.15) is 9.29 Å². The SMILES string of the molecule is CN(Cc1nc(-c2cccc(Cl)c2)no1)S(=O)(=O)c1ccc2c(c1)sc(=O)n2Cc1ccccc1. The number of hydrogen-bond donors (Lipinski definition) is 0. The van der Waals surface area contributed by atoms with Gasteiger partial charge in [0.1, 0.15) is 0 Å². The molecule has 0 spiro atoms. The van der Waals surface area contributed by atoms with Gasteiger partial charge in [0.25, 0.3) is 0 Å². The molecule has 35 heavy (non-hydrogen) atoms. The van der Waals surface area contributed by atoms with Gasteiger partial charge in [-0.05, 0) is 35.9 Å². The summed E-state index contributed by atoms with van der Waals surface area (Å²) < 4.78 is 35.1. The minimum atomic E-state index is -3.87. The predicted molar refractivity (Wildman–Crippen MR) is 135 cm³/mol. The summed E-state index contributed by atoms with van der Waals surface area (Å²) >= 11 is 7.03. The van der Waals surface area contributed by atoms with E-state index in [0.717, 1.165) is 21.2 Å². The molecule has 0 atom stereocenters. The summed E-state index contributed by atoms with van der Waals surface area (Å²) in [7, 11) is -2.44. The van der Waals surface area contributed by atoms with E-state index >= 15 is 0 Å². The van der Waals surface area contributed by atoms with Crippen molar-refractivity contribution in [2.45, 2.75) is 18.0 Å². The molecular formula is C24H19ClN4O4S2. The van der Waals surface area contributed by atoms with Gasteiger partial charge in [-0.25, -0.2) is 8.42 Å². The summed E-state index contributed by atoms with van der Waals surface area (Å²) in [6.45, 7) is 0.303. The molecule has 0 aliphatic rings. The first-order valence-electron chi connectivity index (χ1n) is 10.5. The molecule has 0 bridgehead atoms. The molecule has 0 N–H and O–H groups in total. The molecule has 8 nitrogen and oxygen atoms in total. The summed E-state index contributed by atoms with van der Waals surface area (Å²) in [5.74, 6) is 0.463. The molecule has 0 saturated carbocycles. The Morgan fingerprint density at radius 3 is 2.63 bits per heavy atom. The molecule has 0 amide bonds. The van der Waals surface area contributed by atoms with Crippen LogP contribution in [0, 0.1) is 0 Å². The zero-order chi connectivity index (χ0) is 24.6. The van der Waals surface area contributed by atoms with Gasteiger partial charge in [-0.3, -0.25) is 9.36 Å². The molecule has 0 saturated heterocycles. The van der Waals surface area contributed by atoms with E-state index in [1.54, 1.807) is 34.9 Å². The van der Waals surface area contributed by atoms with Crippen LogP contribution < -0.4 is 4.87 Å². The average molecular weight is 527 g/mol. The number of rotatable bonds is 7. The van der Waals surface area contributed by atoms with Gasteiger partial charge in [0.05, 0.1) is 28.2 Å². The van der Waals surface area contributed by atoms with E-state index < -0.39 is 10.0 Å². The molecule has 5 aromatic rings. The van der Waals surface area contributed by atoms with Gasteiger partial charge in [0.15, 0.2) is 0 Å². The number of sulfonamides is 1. The second-order valence-electron chi connectivity index (χ2n) is 7.85. The monoisotopic (exact) mass is 526 g/mol. The van der Waals surface area contributed by atoms with Crippen LogP contribution in [-0.2, 0) is 23.1 Å². The maximum atomic E-state index is 13.2. The summed E-state index contributed by atoms with van der Waals surface area (Å²) in [5, 5.41) is 4.45. The third kappa shape index (κ3) is 4.78. The van der Waals surface area contributed by atoms with Gasteiger partial charge >= 0.3 is 4.87 Å². The van der Waals surface area contributed by atoms with Crippen LogP contribution in [0.25, 0.3) is 21.6 Å². The van der Waals surface area contributed by atoms with Crippen molar-refractivity contribution in [3.05, 3.63) is 98.9 Å². The molecule has 5 rings (SSSR count). The van der Waals surface area contributed by atoms with E-state index in [1.807, 2.05) is 30.3 Å². The Labute approximate surface area is 210 Å². The van der Waals surface area contributed by atoms with Crippen molar-refractivity contribution in [2.24, 2.45) is 0 Å². The zero-order valence-corrected chi connectivity index (χ0v) is 20.8. The van der Waals surface area contributed by atoms with Crippen LogP contribution in [0.5, 0.6) is 0 Å². The van der Waals surface area contributed by atoms with Crippen molar-refractivity contribution in [3.8, 4) is 11.4 Å². The lowest BCUT2D eigenvalue weighted by molar-refractivity contribution is 0.337. The molecule has 0 aliphatic carbocycles. The van der Waals surface area contributed by atoms with Gasteiger partial charge in [-0.1, -0.05) is 70.6 Å². The standard InChI is InChI=1S/C24H19ClN4O4S2/c1-28(15-22-26-23(27-33-22)17-8-5-9-18(25)12-17)35(31,32)19-10-11-20-21(13-19)34-24(30)29(20)14-16-6-3-2-4-7-16/h2-13H,14-15H2,1H3. The lowest BCUT2D eigenvalue weighted by Gasteiger charge is -2.15. The van der Waals surface area contributed by atoms with Crippen LogP contribution in [-0.4, -0.2) is 34.5 Å². The first-order chi connectivity index (χ1) is 16.8. The molecular weight excluding hydrogens is 508 g/mol. The normalized spacial score (nSPS) is 12.0. The summed E-state index contributed by atoms with van der Waals surface area (Å²) in [6, 6.07) is 21.3. The Kier molecular flexibility index (Phi) is 6.28. The minimum Gasteiger partial charge on any atom is -0.338 e. The molecule has 2 aromatic heterocycles. The highest BCUT2D eigenvalue weighted by Crippen LogP contribution is 2.25. The second-order valence-corrected chi connectivity index (χ2v) is 11.3. The van der Waals surface area contributed by atoms with Gasteiger partial charge in [0.2, 0.25) is 21.7 Å². The smallest absolute Gasteiger partial charge is 0.308 e. The van der Waals surface area contributed by atoms with E-state index in [2.05, 4.69) is 10.1 Å². The highest BCUT2D eigenvalue weighted by Gasteiger charge is 2.24. The Bertz CT molecular complexity index is 1680. The van der Waals surface area contributed by atoms with Crippen LogP contribution in [0.4, 0.5) is 0 Å². The number of hydrogen-bond acceptors (Lipinski definition) is 7. The Hall–Kier alpha value is -3.31. The number of benzene rings is 3. The molecule has 0 aliphatic heterocycles. The van der Waals surface area contributed by atoms with Crippen molar-refractivity contribution in [1.82, 2.24) is 19.0 Å². The predicted octanol–water partition coefficient (Wildman–Crippen LogP) is 4.64. The van der Waals surface area contributed by atoms with Crippen LogP contribution in [0.2, 0.25) is 5.02 Å². The maximum absolute atomic E-state index is 13.2. The fourth-order valence-corrected chi connectivity index (χ4v) is 5.98. The first kappa shape index (κ1) is 23.4. The molecule has 3 aromatic carbocycles. The van der Waals surface area contributed by atoms with E-state index in [9.17, 15) is 13.2 Å². The Balaban J connectivity index is 1.38. The summed E-state index contributed by atoms with van der Waals surface area (Å²) in [6.07, 6.45) is 0. The number of thiazole rings is 1. The minimum absolute atomic E-state index is 0.0789. The molecule has 0 unspecified atom stereocenters. The van der Waals surface area contributed by atoms with Crippen molar-refractivity contribution in [1.29, 1.82) is 0 Å². The second kappa shape index (κ2) is 9.38. The van der Waals surface area contributed by atoms with Crippen molar-refractivity contribution in [2.75, 3.05) is 7.05 Å². The number of fused-ring (bicyclic) bond motifs is 1. The van der Waals surface area contributed by atoms with E-state index in [1.165, 1.54) is 19.2 Å². The fraction of sp³-hybridized carbons (Fsp3) is 0.125. The largest absolute Gasteiger partial charge is 0.338 e. The number of nitrogens with zero attached hydrogens (tertiary/aromatic N) is 4. The highest BCUT2D eigenvalue weighted by molar-refractivity contribution is 7.89. The van der Waals surface area contributed by atoms with Gasteiger partial charge in [0, 0.05) is 17.6 Å².